The summed E-state index contributed by atoms with van der Waals surface area (Å²) in [5.41, 5.74) is 0. The molecular formula is C12H21N3O3. The maximum absolute atomic E-state index is 11.7. The van der Waals surface area contributed by atoms with E-state index in [2.05, 4.69) is 10.6 Å². The summed E-state index contributed by atoms with van der Waals surface area (Å²) in [5.74, 6) is -0.255. The van der Waals surface area contributed by atoms with Crippen LogP contribution in [0.15, 0.2) is 0 Å². The van der Waals surface area contributed by atoms with Gasteiger partial charge in [0.25, 0.3) is 0 Å². The summed E-state index contributed by atoms with van der Waals surface area (Å²) in [6.07, 6.45) is 2.28. The second-order valence-corrected chi connectivity index (χ2v) is 5.25. The van der Waals surface area contributed by atoms with Crippen molar-refractivity contribution in [1.82, 2.24) is 15.5 Å². The van der Waals surface area contributed by atoms with Crippen molar-refractivity contribution in [2.75, 3.05) is 19.6 Å². The summed E-state index contributed by atoms with van der Waals surface area (Å²) in [4.78, 5) is 25.1. The number of amides is 3. The van der Waals surface area contributed by atoms with E-state index in [0.717, 1.165) is 25.9 Å². The summed E-state index contributed by atoms with van der Waals surface area (Å²) < 4.78 is 5.59. The van der Waals surface area contributed by atoms with E-state index >= 15 is 0 Å². The van der Waals surface area contributed by atoms with Gasteiger partial charge in [-0.05, 0) is 26.7 Å². The van der Waals surface area contributed by atoms with Gasteiger partial charge in [-0.25, -0.2) is 4.79 Å². The molecule has 2 atom stereocenters. The summed E-state index contributed by atoms with van der Waals surface area (Å²) in [5, 5.41) is 5.08. The number of hydrogen-bond donors (Lipinski definition) is 2. The largest absolute Gasteiger partial charge is 0.373 e. The molecule has 1 aliphatic heterocycles. The van der Waals surface area contributed by atoms with Gasteiger partial charge < -0.3 is 10.1 Å². The lowest BCUT2D eigenvalue weighted by atomic mass is 10.2. The third-order valence-electron chi connectivity index (χ3n) is 3.03. The molecule has 0 aromatic heterocycles. The lowest BCUT2D eigenvalue weighted by Crippen LogP contribution is -2.51. The van der Waals surface area contributed by atoms with Gasteiger partial charge in [-0.2, -0.15) is 0 Å². The van der Waals surface area contributed by atoms with Crippen LogP contribution in [-0.4, -0.2) is 54.7 Å². The Morgan fingerprint density at radius 3 is 2.39 bits per heavy atom. The molecule has 6 nitrogen and oxygen atoms in total. The predicted octanol–water partition coefficient (Wildman–Crippen LogP) is 0.0838. The summed E-state index contributed by atoms with van der Waals surface area (Å²) >= 11 is 0. The van der Waals surface area contributed by atoms with Crippen molar-refractivity contribution in [3.05, 3.63) is 0 Å². The molecule has 102 valence electrons. The first-order chi connectivity index (χ1) is 8.52. The third-order valence-corrected chi connectivity index (χ3v) is 3.03. The van der Waals surface area contributed by atoms with Crippen molar-refractivity contribution in [2.45, 2.75) is 44.9 Å². The Hall–Kier alpha value is -1.14. The molecule has 1 heterocycles. The molecule has 2 N–H and O–H groups in total. The van der Waals surface area contributed by atoms with Crippen molar-refractivity contribution in [3.63, 3.8) is 0 Å². The second-order valence-electron chi connectivity index (χ2n) is 5.25. The predicted molar refractivity (Wildman–Crippen MR) is 66.1 cm³/mol. The van der Waals surface area contributed by atoms with Crippen molar-refractivity contribution in [1.29, 1.82) is 0 Å². The van der Waals surface area contributed by atoms with Crippen LogP contribution in [0.3, 0.4) is 0 Å². The van der Waals surface area contributed by atoms with Crippen LogP contribution >= 0.6 is 0 Å². The van der Waals surface area contributed by atoms with Crippen LogP contribution < -0.4 is 10.6 Å². The van der Waals surface area contributed by atoms with Crippen LogP contribution in [0.25, 0.3) is 0 Å². The number of urea groups is 1. The number of ether oxygens (including phenoxy) is 1. The molecular weight excluding hydrogens is 234 g/mol. The van der Waals surface area contributed by atoms with Crippen LogP contribution in [-0.2, 0) is 9.53 Å². The molecule has 6 heteroatoms. The van der Waals surface area contributed by atoms with Gasteiger partial charge in [0.15, 0.2) is 0 Å². The van der Waals surface area contributed by atoms with Crippen LogP contribution in [0.5, 0.6) is 0 Å². The van der Waals surface area contributed by atoms with Gasteiger partial charge in [0.2, 0.25) is 5.91 Å². The van der Waals surface area contributed by atoms with E-state index in [4.69, 9.17) is 4.74 Å². The van der Waals surface area contributed by atoms with Crippen LogP contribution in [0.2, 0.25) is 0 Å². The Bertz CT molecular complexity index is 321. The van der Waals surface area contributed by atoms with E-state index < -0.39 is 0 Å². The maximum atomic E-state index is 11.7. The van der Waals surface area contributed by atoms with Crippen molar-refractivity contribution in [2.24, 2.45) is 0 Å². The highest BCUT2D eigenvalue weighted by atomic mass is 16.5. The molecule has 18 heavy (non-hydrogen) atoms. The standard InChI is InChI=1S/C12H21N3O3/c1-8-5-15(6-9(2)18-8)7-11(16)14-12(17)13-10-3-4-10/h8-10H,3-7H2,1-2H3,(H2,13,14,16,17)/t8-,9+. The van der Waals surface area contributed by atoms with Crippen LogP contribution in [0.1, 0.15) is 26.7 Å². The number of carbonyl (C=O) groups excluding carboxylic acids is 2. The molecule has 1 saturated carbocycles. The smallest absolute Gasteiger partial charge is 0.321 e. The highest BCUT2D eigenvalue weighted by Gasteiger charge is 2.26. The molecule has 0 aromatic rings. The number of nitrogens with zero attached hydrogens (tertiary/aromatic N) is 1. The molecule has 1 saturated heterocycles. The molecule has 2 fully saturated rings. The van der Waals surface area contributed by atoms with E-state index in [1.54, 1.807) is 0 Å². The fourth-order valence-electron chi connectivity index (χ4n) is 2.23. The average molecular weight is 255 g/mol. The van der Waals surface area contributed by atoms with Gasteiger partial charge in [0, 0.05) is 19.1 Å². The zero-order chi connectivity index (χ0) is 13.1. The molecule has 2 rings (SSSR count). The Morgan fingerprint density at radius 1 is 1.22 bits per heavy atom. The number of imide groups is 1. The first kappa shape index (κ1) is 13.3. The average Bonchev–Trinajstić information content (AvgIpc) is 2.98. The van der Waals surface area contributed by atoms with E-state index in [1.807, 2.05) is 18.7 Å². The molecule has 2 aliphatic rings. The highest BCUT2D eigenvalue weighted by Crippen LogP contribution is 2.18. The topological polar surface area (TPSA) is 70.7 Å². The summed E-state index contributed by atoms with van der Waals surface area (Å²) in [6, 6.07) is -0.113. The Labute approximate surface area is 107 Å². The van der Waals surface area contributed by atoms with Gasteiger partial charge in [-0.1, -0.05) is 0 Å². The third kappa shape index (κ3) is 4.27. The molecule has 0 bridgehead atoms. The first-order valence-corrected chi connectivity index (χ1v) is 6.51. The Balaban J connectivity index is 1.70. The zero-order valence-electron chi connectivity index (χ0n) is 10.9. The quantitative estimate of drug-likeness (QED) is 0.749. The number of nitrogens with one attached hydrogen (secondary N) is 2. The van der Waals surface area contributed by atoms with Crippen molar-refractivity contribution >= 4 is 11.9 Å². The second kappa shape index (κ2) is 5.67. The molecule has 0 radical (unpaired) electrons. The zero-order valence-corrected chi connectivity index (χ0v) is 10.9. The Kier molecular flexibility index (Phi) is 4.19. The summed E-state index contributed by atoms with van der Waals surface area (Å²) in [6.45, 7) is 5.67. The van der Waals surface area contributed by atoms with Crippen LogP contribution in [0, 0.1) is 0 Å². The molecule has 1 aliphatic carbocycles. The minimum Gasteiger partial charge on any atom is -0.373 e. The normalized spacial score (nSPS) is 28.8. The maximum Gasteiger partial charge on any atom is 0.321 e. The van der Waals surface area contributed by atoms with Crippen LogP contribution in [0.4, 0.5) is 4.79 Å². The fraction of sp³-hybridized carbons (Fsp3) is 0.833. The van der Waals surface area contributed by atoms with E-state index in [1.165, 1.54) is 0 Å². The minimum absolute atomic E-state index is 0.127. The van der Waals surface area contributed by atoms with Gasteiger partial charge in [0.1, 0.15) is 0 Å². The molecule has 0 aromatic carbocycles. The number of morpholine rings is 1. The fourth-order valence-corrected chi connectivity index (χ4v) is 2.23. The highest BCUT2D eigenvalue weighted by molar-refractivity contribution is 5.95. The van der Waals surface area contributed by atoms with Crippen molar-refractivity contribution in [3.8, 4) is 0 Å². The SMILES string of the molecule is C[C@@H]1CN(CC(=O)NC(=O)NC2CC2)C[C@H](C)O1. The van der Waals surface area contributed by atoms with Gasteiger partial charge in [-0.15, -0.1) is 0 Å². The number of hydrogen-bond acceptors (Lipinski definition) is 4. The Morgan fingerprint density at radius 2 is 1.83 bits per heavy atom. The lowest BCUT2D eigenvalue weighted by Gasteiger charge is -2.34. The molecule has 0 unspecified atom stereocenters. The van der Waals surface area contributed by atoms with Gasteiger partial charge in [-0.3, -0.25) is 15.0 Å². The molecule has 3 amide bonds. The lowest BCUT2D eigenvalue weighted by molar-refractivity contribution is -0.124. The van der Waals surface area contributed by atoms with E-state index in [-0.39, 0.29) is 36.7 Å². The monoisotopic (exact) mass is 255 g/mol. The van der Waals surface area contributed by atoms with Gasteiger partial charge in [0.05, 0.1) is 18.8 Å². The van der Waals surface area contributed by atoms with Gasteiger partial charge >= 0.3 is 6.03 Å². The van der Waals surface area contributed by atoms with Crippen molar-refractivity contribution < 1.29 is 14.3 Å². The molecule has 0 spiro atoms. The first-order valence-electron chi connectivity index (χ1n) is 6.51. The number of rotatable bonds is 3. The minimum atomic E-state index is -0.378. The van der Waals surface area contributed by atoms with E-state index in [0.29, 0.717) is 0 Å². The number of carbonyl (C=O) groups is 2. The van der Waals surface area contributed by atoms with E-state index in [9.17, 15) is 9.59 Å². The summed E-state index contributed by atoms with van der Waals surface area (Å²) in [7, 11) is 0.